The van der Waals surface area contributed by atoms with Crippen molar-refractivity contribution in [3.05, 3.63) is 12.1 Å². The number of hydrogen-bond acceptors (Lipinski definition) is 6. The molecule has 0 atom stereocenters. The van der Waals surface area contributed by atoms with Gasteiger partial charge in [-0.2, -0.15) is 9.58 Å². The molecule has 0 aliphatic heterocycles. The van der Waals surface area contributed by atoms with Crippen LogP contribution in [0.5, 0.6) is 0 Å². The van der Waals surface area contributed by atoms with Gasteiger partial charge in [0.05, 0.1) is 0 Å². The zero-order valence-electron chi connectivity index (χ0n) is 6.99. The second-order valence-corrected chi connectivity index (χ2v) is 2.90. The topological polar surface area (TPSA) is 113 Å². The Morgan fingerprint density at radius 1 is 0.857 bits per heavy atom. The maximum absolute atomic E-state index is 5.54. The SMILES string of the molecule is Nn1nnc2cc3nnn(N)c3cc21. The van der Waals surface area contributed by atoms with Gasteiger partial charge in [0, 0.05) is 0 Å². The van der Waals surface area contributed by atoms with E-state index in [-0.39, 0.29) is 0 Å². The molecule has 0 bridgehead atoms. The second-order valence-electron chi connectivity index (χ2n) is 2.90. The Hall–Kier alpha value is -2.38. The summed E-state index contributed by atoms with van der Waals surface area (Å²) in [5, 5.41) is 15.0. The third kappa shape index (κ3) is 0.715. The zero-order valence-corrected chi connectivity index (χ0v) is 6.99. The molecular weight excluding hydrogens is 184 g/mol. The Bertz CT molecular complexity index is 567. The fraction of sp³-hybridized carbons (Fsp3) is 0. The first-order valence-corrected chi connectivity index (χ1v) is 3.87. The van der Waals surface area contributed by atoms with Crippen molar-refractivity contribution in [1.82, 2.24) is 30.2 Å². The molecule has 0 unspecified atom stereocenters. The van der Waals surface area contributed by atoms with Crippen molar-refractivity contribution in [2.45, 2.75) is 0 Å². The van der Waals surface area contributed by atoms with Crippen LogP contribution in [0.3, 0.4) is 0 Å². The van der Waals surface area contributed by atoms with Crippen molar-refractivity contribution >= 4 is 22.1 Å². The van der Waals surface area contributed by atoms with Gasteiger partial charge in [0.1, 0.15) is 22.1 Å². The van der Waals surface area contributed by atoms with Gasteiger partial charge in [0.15, 0.2) is 0 Å². The van der Waals surface area contributed by atoms with Gasteiger partial charge >= 0.3 is 0 Å². The molecule has 1 aromatic carbocycles. The lowest BCUT2D eigenvalue weighted by Gasteiger charge is -1.93. The van der Waals surface area contributed by atoms with Crippen LogP contribution in [0.2, 0.25) is 0 Å². The van der Waals surface area contributed by atoms with Crippen LogP contribution >= 0.6 is 0 Å². The summed E-state index contributed by atoms with van der Waals surface area (Å²) < 4.78 is 0. The minimum atomic E-state index is 0.667. The van der Waals surface area contributed by atoms with E-state index < -0.39 is 0 Å². The summed E-state index contributed by atoms with van der Waals surface area (Å²) in [5.41, 5.74) is 2.71. The van der Waals surface area contributed by atoms with Gasteiger partial charge in [0.25, 0.3) is 0 Å². The van der Waals surface area contributed by atoms with Crippen molar-refractivity contribution < 1.29 is 0 Å². The van der Waals surface area contributed by atoms with Gasteiger partial charge in [-0.3, -0.25) is 0 Å². The predicted octanol–water partition coefficient (Wildman–Crippen LogP) is -1.40. The first kappa shape index (κ1) is 7.06. The lowest BCUT2D eigenvalue weighted by Crippen LogP contribution is -2.11. The monoisotopic (exact) mass is 190 g/mol. The normalized spacial score (nSPS) is 11.4. The first-order valence-electron chi connectivity index (χ1n) is 3.87. The fourth-order valence-corrected chi connectivity index (χ4v) is 1.37. The minimum absolute atomic E-state index is 0.667. The summed E-state index contributed by atoms with van der Waals surface area (Å²) in [7, 11) is 0. The molecule has 0 aliphatic rings. The van der Waals surface area contributed by atoms with E-state index in [1.165, 1.54) is 9.58 Å². The van der Waals surface area contributed by atoms with Crippen molar-refractivity contribution in [3.63, 3.8) is 0 Å². The largest absolute Gasteiger partial charge is 0.321 e. The summed E-state index contributed by atoms with van der Waals surface area (Å²) in [4.78, 5) is 2.36. The number of hydrogen-bond donors (Lipinski definition) is 2. The van der Waals surface area contributed by atoms with Crippen LogP contribution in [0, 0.1) is 0 Å². The van der Waals surface area contributed by atoms with E-state index in [4.69, 9.17) is 11.7 Å². The van der Waals surface area contributed by atoms with E-state index in [2.05, 4.69) is 20.6 Å². The summed E-state index contributed by atoms with van der Waals surface area (Å²) >= 11 is 0. The quantitative estimate of drug-likeness (QED) is 0.421. The van der Waals surface area contributed by atoms with Crippen LogP contribution in [0.1, 0.15) is 0 Å². The molecular formula is C6H6N8. The molecule has 0 radical (unpaired) electrons. The Balaban J connectivity index is 2.57. The van der Waals surface area contributed by atoms with Gasteiger partial charge in [-0.1, -0.05) is 0 Å². The highest BCUT2D eigenvalue weighted by molar-refractivity contribution is 5.90. The summed E-state index contributed by atoms with van der Waals surface area (Å²) in [6, 6.07) is 3.47. The minimum Gasteiger partial charge on any atom is -0.321 e. The Labute approximate surface area is 77.0 Å². The molecule has 0 fully saturated rings. The Kier molecular flexibility index (Phi) is 1.06. The molecule has 0 saturated carbocycles. The summed E-state index contributed by atoms with van der Waals surface area (Å²) in [6.07, 6.45) is 0. The molecule has 0 aliphatic carbocycles. The van der Waals surface area contributed by atoms with Gasteiger partial charge in [0.2, 0.25) is 0 Å². The van der Waals surface area contributed by atoms with Crippen LogP contribution in [0.15, 0.2) is 12.1 Å². The van der Waals surface area contributed by atoms with E-state index in [1.807, 2.05) is 0 Å². The second kappa shape index (κ2) is 2.10. The molecule has 4 N–H and O–H groups in total. The Morgan fingerprint density at radius 2 is 1.36 bits per heavy atom. The van der Waals surface area contributed by atoms with Crippen molar-refractivity contribution in [2.24, 2.45) is 0 Å². The Morgan fingerprint density at radius 3 is 1.86 bits per heavy atom. The number of benzene rings is 1. The van der Waals surface area contributed by atoms with Crippen molar-refractivity contribution in [3.8, 4) is 0 Å². The molecule has 0 saturated heterocycles. The molecule has 2 aromatic heterocycles. The molecule has 70 valence electrons. The highest BCUT2D eigenvalue weighted by atomic mass is 15.6. The zero-order chi connectivity index (χ0) is 9.71. The van der Waals surface area contributed by atoms with Crippen LogP contribution in [0.25, 0.3) is 22.1 Å². The fourth-order valence-electron chi connectivity index (χ4n) is 1.37. The van der Waals surface area contributed by atoms with E-state index >= 15 is 0 Å². The molecule has 0 spiro atoms. The van der Waals surface area contributed by atoms with Crippen LogP contribution in [-0.4, -0.2) is 30.2 Å². The molecule has 8 nitrogen and oxygen atoms in total. The molecule has 0 amide bonds. The summed E-state index contributed by atoms with van der Waals surface area (Å²) in [6.45, 7) is 0. The van der Waals surface area contributed by atoms with E-state index in [0.29, 0.717) is 22.1 Å². The standard InChI is InChI=1S/C6H6N8/c7-13-5-2-6-4(10-12-14(6)8)1-3(5)9-11-13/h1-2H,7-8H2. The summed E-state index contributed by atoms with van der Waals surface area (Å²) in [5.74, 6) is 11.1. The first-order chi connectivity index (χ1) is 6.75. The smallest absolute Gasteiger partial charge is 0.117 e. The highest BCUT2D eigenvalue weighted by Gasteiger charge is 2.08. The molecule has 3 aromatic rings. The number of rotatable bonds is 0. The lowest BCUT2D eigenvalue weighted by molar-refractivity contribution is 0.781. The van der Waals surface area contributed by atoms with Gasteiger partial charge in [-0.25, -0.2) is 0 Å². The molecule has 14 heavy (non-hydrogen) atoms. The average Bonchev–Trinajstić information content (AvgIpc) is 2.71. The number of fused-ring (bicyclic) bond motifs is 2. The van der Waals surface area contributed by atoms with Crippen LogP contribution < -0.4 is 11.7 Å². The predicted molar refractivity (Wildman–Crippen MR) is 48.9 cm³/mol. The van der Waals surface area contributed by atoms with Gasteiger partial charge in [-0.15, -0.1) is 10.2 Å². The average molecular weight is 190 g/mol. The van der Waals surface area contributed by atoms with E-state index in [1.54, 1.807) is 12.1 Å². The number of aromatic nitrogens is 6. The maximum atomic E-state index is 5.54. The number of nitrogen functional groups attached to an aromatic ring is 2. The molecule has 8 heteroatoms. The van der Waals surface area contributed by atoms with Crippen LogP contribution in [0.4, 0.5) is 0 Å². The number of nitrogens with zero attached hydrogens (tertiary/aromatic N) is 6. The van der Waals surface area contributed by atoms with Crippen LogP contribution in [-0.2, 0) is 0 Å². The van der Waals surface area contributed by atoms with Gasteiger partial charge < -0.3 is 11.7 Å². The van der Waals surface area contributed by atoms with Crippen molar-refractivity contribution in [2.75, 3.05) is 11.7 Å². The molecule has 3 rings (SSSR count). The third-order valence-corrected chi connectivity index (χ3v) is 2.06. The van der Waals surface area contributed by atoms with Gasteiger partial charge in [-0.05, 0) is 22.6 Å². The van der Waals surface area contributed by atoms with E-state index in [9.17, 15) is 0 Å². The molecule has 2 heterocycles. The lowest BCUT2D eigenvalue weighted by atomic mass is 10.3. The highest BCUT2D eigenvalue weighted by Crippen LogP contribution is 2.16. The third-order valence-electron chi connectivity index (χ3n) is 2.06. The number of nitrogens with two attached hydrogens (primary N) is 2. The maximum Gasteiger partial charge on any atom is 0.117 e. The van der Waals surface area contributed by atoms with Crippen molar-refractivity contribution in [1.29, 1.82) is 0 Å². The van der Waals surface area contributed by atoms with E-state index in [0.717, 1.165) is 0 Å².